The van der Waals surface area contributed by atoms with E-state index in [0.717, 1.165) is 29.0 Å². The highest BCUT2D eigenvalue weighted by molar-refractivity contribution is 6.16. The molecule has 5 rings (SSSR count). The Labute approximate surface area is 187 Å². The maximum atomic E-state index is 13.2. The highest BCUT2D eigenvalue weighted by Gasteiger charge is 2.35. The van der Waals surface area contributed by atoms with Crippen LogP contribution in [0.2, 0.25) is 0 Å². The van der Waals surface area contributed by atoms with Crippen molar-refractivity contribution in [3.05, 3.63) is 93.7 Å². The zero-order valence-corrected chi connectivity index (χ0v) is 18.5. The molecule has 0 aromatic heterocycles. The highest BCUT2D eigenvalue weighted by Crippen LogP contribution is 2.44. The molecule has 0 unspecified atom stereocenters. The quantitative estimate of drug-likeness (QED) is 0.530. The number of ether oxygens (including phenoxy) is 3. The van der Waals surface area contributed by atoms with Crippen LogP contribution in [-0.2, 0) is 13.1 Å². The minimum Gasteiger partial charge on any atom is -0.496 e. The van der Waals surface area contributed by atoms with Crippen LogP contribution in [0.5, 0.6) is 17.2 Å². The number of carbonyl (C=O) groups excluding carboxylic acids is 1. The molecule has 5 nitrogen and oxygen atoms in total. The zero-order valence-electron chi connectivity index (χ0n) is 18.5. The molecular weight excluding hydrogens is 402 g/mol. The van der Waals surface area contributed by atoms with Gasteiger partial charge in [-0.1, -0.05) is 48.0 Å². The summed E-state index contributed by atoms with van der Waals surface area (Å²) in [6.07, 6.45) is 1.75. The molecule has 0 fully saturated rings. The molecule has 0 radical (unpaired) electrons. The summed E-state index contributed by atoms with van der Waals surface area (Å²) in [6, 6.07) is 18.0. The van der Waals surface area contributed by atoms with Gasteiger partial charge in [-0.3, -0.25) is 9.69 Å². The largest absolute Gasteiger partial charge is 0.496 e. The van der Waals surface area contributed by atoms with E-state index in [0.29, 0.717) is 36.1 Å². The van der Waals surface area contributed by atoms with Crippen molar-refractivity contribution < 1.29 is 19.0 Å². The third kappa shape index (κ3) is 3.65. The van der Waals surface area contributed by atoms with Gasteiger partial charge in [0.05, 0.1) is 18.2 Å². The Bertz CT molecular complexity index is 1230. The Balaban J connectivity index is 1.47. The summed E-state index contributed by atoms with van der Waals surface area (Å²) >= 11 is 0. The van der Waals surface area contributed by atoms with Crippen LogP contribution in [0.4, 0.5) is 0 Å². The first-order valence-electron chi connectivity index (χ1n) is 10.7. The number of ketones is 1. The minimum atomic E-state index is -0.109. The van der Waals surface area contributed by atoms with Crippen LogP contribution in [0.15, 0.2) is 60.4 Å². The lowest BCUT2D eigenvalue weighted by atomic mass is 9.98. The van der Waals surface area contributed by atoms with E-state index < -0.39 is 0 Å². The van der Waals surface area contributed by atoms with Crippen LogP contribution >= 0.6 is 0 Å². The summed E-state index contributed by atoms with van der Waals surface area (Å²) in [4.78, 5) is 15.4. The molecule has 5 heteroatoms. The molecule has 0 spiro atoms. The molecule has 0 saturated heterocycles. The van der Waals surface area contributed by atoms with Crippen molar-refractivity contribution in [3.63, 3.8) is 0 Å². The second-order valence-electron chi connectivity index (χ2n) is 8.30. The van der Waals surface area contributed by atoms with Crippen molar-refractivity contribution in [2.24, 2.45) is 0 Å². The molecule has 0 atom stereocenters. The Hall–Kier alpha value is -3.57. The number of rotatable bonds is 4. The maximum absolute atomic E-state index is 13.2. The summed E-state index contributed by atoms with van der Waals surface area (Å²) in [7, 11) is 1.61. The second-order valence-corrected chi connectivity index (χ2v) is 8.30. The molecule has 2 heterocycles. The lowest BCUT2D eigenvalue weighted by Crippen LogP contribution is -2.31. The molecule has 162 valence electrons. The topological polar surface area (TPSA) is 48.0 Å². The molecule has 0 aliphatic carbocycles. The average Bonchev–Trinajstić information content (AvgIpc) is 3.13. The molecule has 0 bridgehead atoms. The Morgan fingerprint density at radius 1 is 1.09 bits per heavy atom. The number of Topliss-reactive ketones (excluding diaryl/α,β-unsaturated/α-hetero) is 1. The molecule has 32 heavy (non-hydrogen) atoms. The van der Waals surface area contributed by atoms with Gasteiger partial charge in [0.15, 0.2) is 5.76 Å². The van der Waals surface area contributed by atoms with E-state index in [1.807, 2.05) is 37.3 Å². The summed E-state index contributed by atoms with van der Waals surface area (Å²) in [6.45, 7) is 5.92. The van der Waals surface area contributed by atoms with Gasteiger partial charge in [0.1, 0.15) is 24.0 Å². The number of methoxy groups -OCH3 is 1. The predicted molar refractivity (Wildman–Crippen MR) is 123 cm³/mol. The van der Waals surface area contributed by atoms with Crippen LogP contribution in [-0.4, -0.2) is 24.5 Å². The number of fused-ring (bicyclic) bond motifs is 3. The fourth-order valence-electron chi connectivity index (χ4n) is 4.26. The van der Waals surface area contributed by atoms with Crippen molar-refractivity contribution in [2.45, 2.75) is 26.9 Å². The van der Waals surface area contributed by atoms with Crippen molar-refractivity contribution in [1.29, 1.82) is 0 Å². The molecular formula is C27H25NO4. The van der Waals surface area contributed by atoms with Gasteiger partial charge in [-0.15, -0.1) is 0 Å². The zero-order chi connectivity index (χ0) is 22.2. The number of hydrogen-bond acceptors (Lipinski definition) is 5. The number of aryl methyl sites for hydroxylation is 2. The van der Waals surface area contributed by atoms with E-state index in [1.54, 1.807) is 13.2 Å². The number of benzene rings is 3. The first kappa shape index (κ1) is 20.3. The Morgan fingerprint density at radius 2 is 1.88 bits per heavy atom. The van der Waals surface area contributed by atoms with Crippen molar-refractivity contribution in [3.8, 4) is 17.2 Å². The lowest BCUT2D eigenvalue weighted by Gasteiger charge is -2.30. The third-order valence-electron chi connectivity index (χ3n) is 5.94. The van der Waals surface area contributed by atoms with E-state index in [-0.39, 0.29) is 5.78 Å². The summed E-state index contributed by atoms with van der Waals surface area (Å²) in [5, 5.41) is 0. The van der Waals surface area contributed by atoms with E-state index in [2.05, 4.69) is 36.1 Å². The van der Waals surface area contributed by atoms with Gasteiger partial charge in [0.25, 0.3) is 0 Å². The van der Waals surface area contributed by atoms with Gasteiger partial charge in [-0.05, 0) is 43.2 Å². The van der Waals surface area contributed by atoms with Gasteiger partial charge in [0, 0.05) is 18.7 Å². The summed E-state index contributed by atoms with van der Waals surface area (Å²) in [5.74, 6) is 2.28. The van der Waals surface area contributed by atoms with Crippen LogP contribution in [0, 0.1) is 13.8 Å². The van der Waals surface area contributed by atoms with Crippen LogP contribution in [0.25, 0.3) is 6.08 Å². The van der Waals surface area contributed by atoms with Crippen molar-refractivity contribution >= 4 is 11.9 Å². The number of para-hydroxylation sites is 1. The molecule has 2 aliphatic rings. The normalized spacial score (nSPS) is 16.3. The first-order chi connectivity index (χ1) is 15.5. The van der Waals surface area contributed by atoms with Crippen LogP contribution < -0.4 is 14.2 Å². The maximum Gasteiger partial charge on any atom is 0.232 e. The minimum absolute atomic E-state index is 0.109. The third-order valence-corrected chi connectivity index (χ3v) is 5.94. The second kappa shape index (κ2) is 8.17. The smallest absolute Gasteiger partial charge is 0.232 e. The van der Waals surface area contributed by atoms with Crippen molar-refractivity contribution in [1.82, 2.24) is 4.90 Å². The van der Waals surface area contributed by atoms with Crippen LogP contribution in [0.3, 0.4) is 0 Å². The standard InChI is InChI=1S/C27H25NO4/c1-17-8-10-19(11-9-17)14-28-15-21-23(31-16-28)12-18(2)25-26(29)24(32-27(21)25)13-20-6-4-5-7-22(20)30-3/h4-13H,14-16H2,1-3H3/b24-13-. The SMILES string of the molecule is COc1ccccc1/C=C1\Oc2c3c(cc(C)c2C1=O)OCN(Cc1ccc(C)cc1)C3. The monoisotopic (exact) mass is 427 g/mol. The highest BCUT2D eigenvalue weighted by atomic mass is 16.5. The molecule has 3 aromatic rings. The van der Waals surface area contributed by atoms with Crippen molar-refractivity contribution in [2.75, 3.05) is 13.8 Å². The van der Waals surface area contributed by atoms with Gasteiger partial charge < -0.3 is 14.2 Å². The van der Waals surface area contributed by atoms with Gasteiger partial charge in [-0.2, -0.15) is 0 Å². The summed E-state index contributed by atoms with van der Waals surface area (Å²) < 4.78 is 17.6. The van der Waals surface area contributed by atoms with E-state index in [9.17, 15) is 4.79 Å². The number of carbonyl (C=O) groups is 1. The number of allylic oxidation sites excluding steroid dienone is 1. The van der Waals surface area contributed by atoms with Gasteiger partial charge >= 0.3 is 0 Å². The molecule has 0 saturated carbocycles. The fraction of sp³-hybridized carbons (Fsp3) is 0.222. The number of nitrogens with zero attached hydrogens (tertiary/aromatic N) is 1. The van der Waals surface area contributed by atoms with Gasteiger partial charge in [-0.25, -0.2) is 0 Å². The predicted octanol–water partition coefficient (Wildman–Crippen LogP) is 5.28. The summed E-state index contributed by atoms with van der Waals surface area (Å²) in [5.41, 5.74) is 5.66. The molecule has 0 amide bonds. The lowest BCUT2D eigenvalue weighted by molar-refractivity contribution is 0.0872. The molecule has 3 aromatic carbocycles. The molecule has 0 N–H and O–H groups in total. The van der Waals surface area contributed by atoms with E-state index in [4.69, 9.17) is 14.2 Å². The number of hydrogen-bond donors (Lipinski definition) is 0. The first-order valence-corrected chi connectivity index (χ1v) is 10.7. The Kier molecular flexibility index (Phi) is 5.19. The van der Waals surface area contributed by atoms with Crippen LogP contribution in [0.1, 0.15) is 38.2 Å². The van der Waals surface area contributed by atoms with E-state index >= 15 is 0 Å². The average molecular weight is 428 g/mol. The fourth-order valence-corrected chi connectivity index (χ4v) is 4.26. The van der Waals surface area contributed by atoms with E-state index in [1.165, 1.54) is 11.1 Å². The Morgan fingerprint density at radius 3 is 2.66 bits per heavy atom. The molecule has 2 aliphatic heterocycles. The van der Waals surface area contributed by atoms with Gasteiger partial charge in [0.2, 0.25) is 5.78 Å².